The molecule has 1 aromatic carbocycles. The smallest absolute Gasteiger partial charge is 0.214 e. The third-order valence-electron chi connectivity index (χ3n) is 1.29. The van der Waals surface area contributed by atoms with Crippen molar-refractivity contribution in [1.82, 2.24) is 0 Å². The monoisotopic (exact) mass is 209 g/mol. The summed E-state index contributed by atoms with van der Waals surface area (Å²) in [6.45, 7) is 0. The lowest BCUT2D eigenvalue weighted by molar-refractivity contribution is -0.0436. The van der Waals surface area contributed by atoms with E-state index in [9.17, 15) is 21.6 Å². The number of rotatable bonds is 1. The summed E-state index contributed by atoms with van der Waals surface area (Å²) in [5, 5.41) is 0. The Morgan fingerprint density at radius 2 is 1.92 bits per heavy atom. The first-order valence-electron chi connectivity index (χ1n) is 3.13. The molecule has 0 aliphatic rings. The van der Waals surface area contributed by atoms with Crippen LogP contribution in [0.3, 0.4) is 0 Å². The number of hydrogen-bond acceptors (Lipinski definition) is 2. The molecule has 1 rings (SSSR count). The normalized spacial score (nSPS) is 12.8. The summed E-state index contributed by atoms with van der Waals surface area (Å²) in [6, 6.07) is 6.41. The Morgan fingerprint density at radius 1 is 1.31 bits per heavy atom. The molecule has 1 radical (unpaired) electrons. The van der Waals surface area contributed by atoms with Crippen LogP contribution in [-0.2, 0) is 9.84 Å². The maximum atomic E-state index is 11.9. The Balaban J connectivity index is 3.26. The fraction of sp³-hybridized carbons (Fsp3) is 0.143. The zero-order chi connectivity index (χ0) is 10.1. The van der Waals surface area contributed by atoms with Gasteiger partial charge in [0.05, 0.1) is 4.90 Å². The van der Waals surface area contributed by atoms with Gasteiger partial charge < -0.3 is 0 Å². The van der Waals surface area contributed by atoms with Crippen molar-refractivity contribution in [2.45, 2.75) is 10.4 Å². The van der Waals surface area contributed by atoms with E-state index in [0.29, 0.717) is 0 Å². The van der Waals surface area contributed by atoms with Crippen LogP contribution in [0.25, 0.3) is 0 Å². The van der Waals surface area contributed by atoms with E-state index in [0.717, 1.165) is 12.1 Å². The van der Waals surface area contributed by atoms with Crippen LogP contribution in [0, 0.1) is 6.07 Å². The van der Waals surface area contributed by atoms with Gasteiger partial charge in [-0.05, 0) is 18.2 Å². The Labute approximate surface area is 72.9 Å². The molecule has 0 saturated heterocycles. The van der Waals surface area contributed by atoms with Gasteiger partial charge in [0.2, 0.25) is 0 Å². The largest absolute Gasteiger partial charge is 0.501 e. The zero-order valence-electron chi connectivity index (χ0n) is 6.17. The molecule has 0 bridgehead atoms. The van der Waals surface area contributed by atoms with Gasteiger partial charge in [0.25, 0.3) is 9.84 Å². The highest BCUT2D eigenvalue weighted by atomic mass is 32.2. The van der Waals surface area contributed by atoms with E-state index >= 15 is 0 Å². The first-order chi connectivity index (χ1) is 5.86. The van der Waals surface area contributed by atoms with Crippen LogP contribution in [0.2, 0.25) is 0 Å². The molecule has 0 amide bonds. The van der Waals surface area contributed by atoms with Crippen molar-refractivity contribution in [2.75, 3.05) is 0 Å². The maximum absolute atomic E-state index is 11.9. The summed E-state index contributed by atoms with van der Waals surface area (Å²) in [5.74, 6) is 0. The second kappa shape index (κ2) is 3.02. The molecule has 1 aromatic rings. The average Bonchev–Trinajstić information content (AvgIpc) is 2.04. The van der Waals surface area contributed by atoms with Gasteiger partial charge in [-0.2, -0.15) is 13.2 Å². The van der Waals surface area contributed by atoms with Gasteiger partial charge in [0.1, 0.15) is 0 Å². The van der Waals surface area contributed by atoms with Gasteiger partial charge in [0.15, 0.2) is 0 Å². The van der Waals surface area contributed by atoms with Gasteiger partial charge in [-0.1, -0.05) is 12.1 Å². The lowest BCUT2D eigenvalue weighted by Gasteiger charge is -2.06. The van der Waals surface area contributed by atoms with E-state index in [-0.39, 0.29) is 0 Å². The summed E-state index contributed by atoms with van der Waals surface area (Å²) in [5.41, 5.74) is -5.25. The molecule has 0 aliphatic heterocycles. The first kappa shape index (κ1) is 10.0. The maximum Gasteiger partial charge on any atom is 0.501 e. The molecule has 2 nitrogen and oxygen atoms in total. The molecular weight excluding hydrogens is 205 g/mol. The third-order valence-corrected chi connectivity index (χ3v) is 2.78. The Morgan fingerprint density at radius 3 is 2.31 bits per heavy atom. The standard InChI is InChI=1S/C7H4F3O2S/c8-7(9,10)13(11,12)6-4-2-1-3-5-6/h1-2,4-5H. The van der Waals surface area contributed by atoms with Crippen LogP contribution in [-0.4, -0.2) is 13.9 Å². The lowest BCUT2D eigenvalue weighted by Crippen LogP contribution is -2.23. The Hall–Kier alpha value is -1.04. The molecule has 6 heteroatoms. The SMILES string of the molecule is O=S(=O)(c1c[c]ccc1)C(F)(F)F. The van der Waals surface area contributed by atoms with Crippen molar-refractivity contribution < 1.29 is 21.6 Å². The Bertz CT molecular complexity index is 380. The lowest BCUT2D eigenvalue weighted by atomic mass is 10.4. The molecule has 0 aromatic heterocycles. The number of alkyl halides is 3. The summed E-state index contributed by atoms with van der Waals surface area (Å²) in [6.07, 6.45) is 0. The van der Waals surface area contributed by atoms with Crippen LogP contribution >= 0.6 is 0 Å². The molecule has 13 heavy (non-hydrogen) atoms. The zero-order valence-corrected chi connectivity index (χ0v) is 6.98. The fourth-order valence-corrected chi connectivity index (χ4v) is 1.43. The Kier molecular flexibility index (Phi) is 2.34. The van der Waals surface area contributed by atoms with Gasteiger partial charge >= 0.3 is 5.51 Å². The molecule has 0 spiro atoms. The average molecular weight is 209 g/mol. The van der Waals surface area contributed by atoms with E-state index in [4.69, 9.17) is 0 Å². The minimum Gasteiger partial charge on any atom is -0.214 e. The van der Waals surface area contributed by atoms with E-state index in [1.807, 2.05) is 0 Å². The van der Waals surface area contributed by atoms with E-state index in [1.54, 1.807) is 0 Å². The minimum absolute atomic E-state index is 0.781. The van der Waals surface area contributed by atoms with E-state index in [2.05, 4.69) is 6.07 Å². The molecule has 0 fully saturated rings. The van der Waals surface area contributed by atoms with Crippen molar-refractivity contribution >= 4 is 9.84 Å². The van der Waals surface area contributed by atoms with Crippen molar-refractivity contribution in [2.24, 2.45) is 0 Å². The number of hydrogen-bond donors (Lipinski definition) is 0. The molecule has 0 saturated carbocycles. The van der Waals surface area contributed by atoms with Crippen LogP contribution in [0.4, 0.5) is 13.2 Å². The molecule has 0 heterocycles. The highest BCUT2D eigenvalue weighted by Crippen LogP contribution is 2.29. The van der Waals surface area contributed by atoms with Gasteiger partial charge in [-0.25, -0.2) is 8.42 Å². The summed E-state index contributed by atoms with van der Waals surface area (Å²) in [4.78, 5) is -0.789. The van der Waals surface area contributed by atoms with Crippen LogP contribution < -0.4 is 0 Å². The second-order valence-corrected chi connectivity index (χ2v) is 4.13. The van der Waals surface area contributed by atoms with Gasteiger partial charge in [-0.3, -0.25) is 0 Å². The van der Waals surface area contributed by atoms with E-state index in [1.165, 1.54) is 12.1 Å². The predicted octanol–water partition coefficient (Wildman–Crippen LogP) is 1.78. The molecule has 0 unspecified atom stereocenters. The van der Waals surface area contributed by atoms with Crippen LogP contribution in [0.1, 0.15) is 0 Å². The van der Waals surface area contributed by atoms with Crippen molar-refractivity contribution in [3.05, 3.63) is 30.3 Å². The predicted molar refractivity (Wildman–Crippen MR) is 38.5 cm³/mol. The molecular formula is C7H4F3O2S. The molecule has 71 valence electrons. The quantitative estimate of drug-likeness (QED) is 0.706. The topological polar surface area (TPSA) is 34.1 Å². The minimum atomic E-state index is -5.25. The van der Waals surface area contributed by atoms with Crippen molar-refractivity contribution in [3.8, 4) is 0 Å². The third kappa shape index (κ3) is 1.82. The summed E-state index contributed by atoms with van der Waals surface area (Å²) in [7, 11) is -5.21. The van der Waals surface area contributed by atoms with Crippen LogP contribution in [0.5, 0.6) is 0 Å². The molecule has 0 aliphatic carbocycles. The summed E-state index contributed by atoms with van der Waals surface area (Å²) < 4.78 is 57.2. The highest BCUT2D eigenvalue weighted by molar-refractivity contribution is 7.92. The van der Waals surface area contributed by atoms with Gasteiger partial charge in [0, 0.05) is 0 Å². The fourth-order valence-electron chi connectivity index (χ4n) is 0.678. The van der Waals surface area contributed by atoms with Gasteiger partial charge in [-0.15, -0.1) is 0 Å². The number of benzene rings is 1. The first-order valence-corrected chi connectivity index (χ1v) is 4.61. The second-order valence-electron chi connectivity index (χ2n) is 2.19. The number of sulfone groups is 1. The highest BCUT2D eigenvalue weighted by Gasteiger charge is 2.46. The van der Waals surface area contributed by atoms with Crippen molar-refractivity contribution in [1.29, 1.82) is 0 Å². The molecule has 0 N–H and O–H groups in total. The van der Waals surface area contributed by atoms with Crippen molar-refractivity contribution in [3.63, 3.8) is 0 Å². The number of halogens is 3. The molecule has 0 atom stereocenters. The summed E-state index contributed by atoms with van der Waals surface area (Å²) >= 11 is 0. The van der Waals surface area contributed by atoms with E-state index < -0.39 is 20.2 Å². The van der Waals surface area contributed by atoms with Crippen LogP contribution in [0.15, 0.2) is 29.2 Å².